The molecule has 3 aromatic rings. The van der Waals surface area contributed by atoms with Crippen molar-refractivity contribution in [1.29, 1.82) is 0 Å². The molecule has 0 fully saturated rings. The van der Waals surface area contributed by atoms with Crippen LogP contribution in [-0.2, 0) is 9.53 Å². The van der Waals surface area contributed by atoms with Crippen molar-refractivity contribution in [1.82, 2.24) is 4.57 Å². The number of carbonyl (C=O) groups is 1. The minimum absolute atomic E-state index is 0.0883. The number of carbonyl (C=O) groups excluding carboxylic acids is 1. The van der Waals surface area contributed by atoms with Crippen molar-refractivity contribution < 1.29 is 14.3 Å². The standard InChI is InChI=1S/C28H28N2O4S/c1-5-33-27(32)25-19(4)29-28-30(23(25)16-13-20-9-7-6-8-10-20)26(31)24(35-28)17-21-11-14-22(15-12-21)34-18(2)3/h6-18,23H,5H2,1-4H3/b16-13+,24-17-. The van der Waals surface area contributed by atoms with Crippen LogP contribution in [0, 0.1) is 0 Å². The van der Waals surface area contributed by atoms with E-state index >= 15 is 0 Å². The van der Waals surface area contributed by atoms with Crippen molar-refractivity contribution in [3.8, 4) is 5.75 Å². The van der Waals surface area contributed by atoms with E-state index in [2.05, 4.69) is 4.99 Å². The Kier molecular flexibility index (Phi) is 7.46. The highest BCUT2D eigenvalue weighted by molar-refractivity contribution is 7.07. The maximum absolute atomic E-state index is 13.5. The lowest BCUT2D eigenvalue weighted by molar-refractivity contribution is -0.139. The second-order valence-electron chi connectivity index (χ2n) is 8.35. The number of rotatable bonds is 7. The van der Waals surface area contributed by atoms with E-state index in [-0.39, 0.29) is 18.3 Å². The number of ether oxygens (including phenoxy) is 2. The molecule has 0 bridgehead atoms. The predicted molar refractivity (Wildman–Crippen MR) is 139 cm³/mol. The largest absolute Gasteiger partial charge is 0.491 e. The Balaban J connectivity index is 1.79. The summed E-state index contributed by atoms with van der Waals surface area (Å²) in [7, 11) is 0. The first-order valence-electron chi connectivity index (χ1n) is 11.6. The molecule has 1 aromatic heterocycles. The molecule has 1 aliphatic heterocycles. The summed E-state index contributed by atoms with van der Waals surface area (Å²) in [6.45, 7) is 7.73. The van der Waals surface area contributed by atoms with Gasteiger partial charge < -0.3 is 9.47 Å². The Morgan fingerprint density at radius 2 is 1.83 bits per heavy atom. The van der Waals surface area contributed by atoms with Crippen LogP contribution in [0.1, 0.15) is 44.9 Å². The maximum atomic E-state index is 13.5. The zero-order valence-corrected chi connectivity index (χ0v) is 21.0. The van der Waals surface area contributed by atoms with E-state index in [4.69, 9.17) is 9.47 Å². The minimum atomic E-state index is -0.616. The van der Waals surface area contributed by atoms with Crippen LogP contribution in [0.5, 0.6) is 5.75 Å². The monoisotopic (exact) mass is 488 g/mol. The Morgan fingerprint density at radius 1 is 1.11 bits per heavy atom. The van der Waals surface area contributed by atoms with Gasteiger partial charge in [0.1, 0.15) is 5.75 Å². The van der Waals surface area contributed by atoms with Gasteiger partial charge in [0.2, 0.25) is 0 Å². The SMILES string of the molecule is CCOC(=O)C1=C(C)N=c2s/c(=C\c3ccc(OC(C)C)cc3)c(=O)n2C1/C=C/c1ccccc1. The van der Waals surface area contributed by atoms with Crippen molar-refractivity contribution in [3.05, 3.63) is 103 Å². The van der Waals surface area contributed by atoms with E-state index in [1.807, 2.05) is 86.7 Å². The summed E-state index contributed by atoms with van der Waals surface area (Å²) in [5.74, 6) is 0.311. The number of hydrogen-bond donors (Lipinski definition) is 0. The molecule has 0 spiro atoms. The van der Waals surface area contributed by atoms with Gasteiger partial charge in [0.25, 0.3) is 5.56 Å². The first-order valence-corrected chi connectivity index (χ1v) is 12.4. The summed E-state index contributed by atoms with van der Waals surface area (Å²) in [6, 6.07) is 16.7. The van der Waals surface area contributed by atoms with E-state index in [1.165, 1.54) is 11.3 Å². The quantitative estimate of drug-likeness (QED) is 0.466. The first-order chi connectivity index (χ1) is 16.9. The van der Waals surface area contributed by atoms with E-state index in [9.17, 15) is 9.59 Å². The third kappa shape index (κ3) is 5.52. The molecule has 6 nitrogen and oxygen atoms in total. The number of thiazole rings is 1. The maximum Gasteiger partial charge on any atom is 0.338 e. The van der Waals surface area contributed by atoms with Crippen LogP contribution in [0.15, 0.2) is 81.7 Å². The number of benzene rings is 2. The van der Waals surface area contributed by atoms with Crippen LogP contribution in [0.25, 0.3) is 12.2 Å². The molecule has 2 aromatic carbocycles. The van der Waals surface area contributed by atoms with Crippen molar-refractivity contribution >= 4 is 29.5 Å². The second kappa shape index (κ2) is 10.7. The Bertz CT molecular complexity index is 1450. The van der Waals surface area contributed by atoms with Crippen molar-refractivity contribution in [2.75, 3.05) is 6.61 Å². The lowest BCUT2D eigenvalue weighted by Gasteiger charge is -2.21. The van der Waals surface area contributed by atoms with Crippen LogP contribution in [0.2, 0.25) is 0 Å². The minimum Gasteiger partial charge on any atom is -0.491 e. The highest BCUT2D eigenvalue weighted by atomic mass is 32.1. The molecule has 1 unspecified atom stereocenters. The summed E-state index contributed by atoms with van der Waals surface area (Å²) in [5, 5.41) is 0. The highest BCUT2D eigenvalue weighted by Gasteiger charge is 2.30. The van der Waals surface area contributed by atoms with Gasteiger partial charge in [-0.1, -0.05) is 66.0 Å². The zero-order valence-electron chi connectivity index (χ0n) is 20.2. The first kappa shape index (κ1) is 24.4. The van der Waals surface area contributed by atoms with Gasteiger partial charge in [-0.05, 0) is 57.0 Å². The molecule has 0 N–H and O–H groups in total. The highest BCUT2D eigenvalue weighted by Crippen LogP contribution is 2.26. The van der Waals surface area contributed by atoms with Crippen LogP contribution < -0.4 is 19.6 Å². The Morgan fingerprint density at radius 3 is 2.49 bits per heavy atom. The summed E-state index contributed by atoms with van der Waals surface area (Å²) >= 11 is 1.30. The van der Waals surface area contributed by atoms with Crippen LogP contribution in [-0.4, -0.2) is 23.2 Å². The molecule has 7 heteroatoms. The smallest absolute Gasteiger partial charge is 0.338 e. The molecule has 2 heterocycles. The summed E-state index contributed by atoms with van der Waals surface area (Å²) in [5.41, 5.74) is 2.57. The van der Waals surface area contributed by atoms with Gasteiger partial charge in [-0.15, -0.1) is 0 Å². The second-order valence-corrected chi connectivity index (χ2v) is 9.36. The Hall–Kier alpha value is -3.71. The van der Waals surface area contributed by atoms with Crippen LogP contribution in [0.3, 0.4) is 0 Å². The normalized spacial score (nSPS) is 15.9. The van der Waals surface area contributed by atoms with Crippen molar-refractivity contribution in [2.24, 2.45) is 4.99 Å². The van der Waals surface area contributed by atoms with Crippen molar-refractivity contribution in [2.45, 2.75) is 39.8 Å². The molecule has 35 heavy (non-hydrogen) atoms. The van der Waals surface area contributed by atoms with Crippen molar-refractivity contribution in [3.63, 3.8) is 0 Å². The molecule has 180 valence electrons. The van der Waals surface area contributed by atoms with E-state index in [0.29, 0.717) is 20.6 Å². The topological polar surface area (TPSA) is 69.9 Å². The molecule has 0 aliphatic carbocycles. The van der Waals surface area contributed by atoms with Crippen LogP contribution >= 0.6 is 11.3 Å². The molecule has 4 rings (SSSR count). The van der Waals surface area contributed by atoms with Gasteiger partial charge in [-0.2, -0.15) is 0 Å². The Labute approximate surface area is 208 Å². The van der Waals surface area contributed by atoms with E-state index in [1.54, 1.807) is 18.4 Å². The number of nitrogens with zero attached hydrogens (tertiary/aromatic N) is 2. The summed E-state index contributed by atoms with van der Waals surface area (Å²) in [4.78, 5) is 31.5. The molecule has 1 aliphatic rings. The van der Waals surface area contributed by atoms with E-state index in [0.717, 1.165) is 16.9 Å². The third-order valence-corrected chi connectivity index (χ3v) is 6.36. The molecule has 0 amide bonds. The average Bonchev–Trinajstić information content (AvgIpc) is 3.13. The fraction of sp³-hybridized carbons (Fsp3) is 0.250. The van der Waals surface area contributed by atoms with Gasteiger partial charge in [0.05, 0.1) is 34.6 Å². The summed E-state index contributed by atoms with van der Waals surface area (Å²) in [6.07, 6.45) is 5.70. The zero-order chi connectivity index (χ0) is 24.9. The number of aromatic nitrogens is 1. The van der Waals surface area contributed by atoms with E-state index < -0.39 is 12.0 Å². The lowest BCUT2D eigenvalue weighted by atomic mass is 10.0. The number of esters is 1. The van der Waals surface area contributed by atoms with Crippen LogP contribution in [0.4, 0.5) is 0 Å². The molecular formula is C28H28N2O4S. The summed E-state index contributed by atoms with van der Waals surface area (Å²) < 4.78 is 13.1. The molecular weight excluding hydrogens is 460 g/mol. The third-order valence-electron chi connectivity index (χ3n) is 5.38. The van der Waals surface area contributed by atoms with Gasteiger partial charge >= 0.3 is 5.97 Å². The van der Waals surface area contributed by atoms with Gasteiger partial charge in [-0.3, -0.25) is 9.36 Å². The van der Waals surface area contributed by atoms with Gasteiger partial charge in [-0.25, -0.2) is 9.79 Å². The molecule has 0 radical (unpaired) electrons. The fourth-order valence-corrected chi connectivity index (χ4v) is 4.90. The molecule has 1 atom stereocenters. The number of fused-ring (bicyclic) bond motifs is 1. The molecule has 0 saturated heterocycles. The number of allylic oxidation sites excluding steroid dienone is 2. The number of hydrogen-bond acceptors (Lipinski definition) is 6. The lowest BCUT2D eigenvalue weighted by Crippen LogP contribution is -2.38. The average molecular weight is 489 g/mol. The molecule has 0 saturated carbocycles. The van der Waals surface area contributed by atoms with Gasteiger partial charge in [0.15, 0.2) is 4.80 Å². The van der Waals surface area contributed by atoms with Gasteiger partial charge in [0, 0.05) is 0 Å². The predicted octanol–water partition coefficient (Wildman–Crippen LogP) is 4.25. The fourth-order valence-electron chi connectivity index (χ4n) is 3.85.